The molecule has 0 saturated heterocycles. The topological polar surface area (TPSA) is 75.7 Å². The number of hydrogen-bond donors (Lipinski definition) is 1. The van der Waals surface area contributed by atoms with Crippen molar-refractivity contribution >= 4 is 17.8 Å². The average Bonchev–Trinajstić information content (AvgIpc) is 2.72. The Hall–Kier alpha value is -2.06. The average molecular weight is 364 g/mol. The fraction of sp³-hybridized carbons (Fsp3) is 0.688. The van der Waals surface area contributed by atoms with Gasteiger partial charge < -0.3 is 15.0 Å². The first-order chi connectivity index (χ1) is 11.5. The molecule has 1 N–H and O–H groups in total. The van der Waals surface area contributed by atoms with Crippen LogP contribution in [0.3, 0.4) is 0 Å². The summed E-state index contributed by atoms with van der Waals surface area (Å²) in [4.78, 5) is 37.7. The van der Waals surface area contributed by atoms with Gasteiger partial charge >= 0.3 is 12.1 Å². The van der Waals surface area contributed by atoms with E-state index >= 15 is 0 Å². The molecule has 142 valence electrons. The number of unbranched alkanes of at least 4 members (excludes halogenated alkanes) is 1. The van der Waals surface area contributed by atoms with Crippen molar-refractivity contribution in [3.05, 3.63) is 11.3 Å². The number of esters is 1. The van der Waals surface area contributed by atoms with Crippen LogP contribution in [0.15, 0.2) is 11.3 Å². The largest absolute Gasteiger partial charge is 0.466 e. The van der Waals surface area contributed by atoms with Crippen LogP contribution in [-0.4, -0.2) is 47.6 Å². The summed E-state index contributed by atoms with van der Waals surface area (Å²) < 4.78 is 46.5. The number of nitrogens with zero attached hydrogens (tertiary/aromatic N) is 1. The summed E-state index contributed by atoms with van der Waals surface area (Å²) in [6.07, 6.45) is -4.44. The van der Waals surface area contributed by atoms with E-state index in [0.717, 1.165) is 12.0 Å². The van der Waals surface area contributed by atoms with Crippen molar-refractivity contribution in [2.45, 2.75) is 64.7 Å². The van der Waals surface area contributed by atoms with Gasteiger partial charge in [-0.1, -0.05) is 13.3 Å². The van der Waals surface area contributed by atoms with Crippen LogP contribution in [0.4, 0.5) is 13.2 Å². The Labute approximate surface area is 144 Å². The molecule has 1 aliphatic heterocycles. The molecular weight excluding hydrogens is 341 g/mol. The van der Waals surface area contributed by atoms with E-state index in [0.29, 0.717) is 12.8 Å². The van der Waals surface area contributed by atoms with Gasteiger partial charge in [0, 0.05) is 18.2 Å². The number of ether oxygens (including phenoxy) is 1. The molecule has 0 aromatic carbocycles. The minimum atomic E-state index is -5.21. The standard InChI is InChI=1S/C16H23F3N2O4/c1-6-7-8-11(22)20-15(16(17,18)19)12(13(23)25-5)10(4)21(9(2)3)14(15)24/h9H,6-8H2,1-5H3,(H,20,22). The second-order valence-corrected chi connectivity index (χ2v) is 6.12. The molecule has 1 atom stereocenters. The normalized spacial score (nSPS) is 21.2. The zero-order valence-corrected chi connectivity index (χ0v) is 14.9. The van der Waals surface area contributed by atoms with Crippen molar-refractivity contribution < 1.29 is 32.3 Å². The van der Waals surface area contributed by atoms with Crippen molar-refractivity contribution in [1.29, 1.82) is 0 Å². The molecule has 0 aromatic rings. The minimum Gasteiger partial charge on any atom is -0.466 e. The predicted octanol–water partition coefficient (Wildman–Crippen LogP) is 2.29. The lowest BCUT2D eigenvalue weighted by Crippen LogP contribution is -2.66. The molecule has 1 rings (SSSR count). The third kappa shape index (κ3) is 3.50. The number of nitrogens with one attached hydrogen (secondary N) is 1. The minimum absolute atomic E-state index is 0.181. The highest BCUT2D eigenvalue weighted by atomic mass is 19.4. The smallest absolute Gasteiger partial charge is 0.425 e. The van der Waals surface area contributed by atoms with Gasteiger partial charge in [0.25, 0.3) is 5.91 Å². The molecule has 6 nitrogen and oxygen atoms in total. The number of allylic oxidation sites excluding steroid dienone is 1. The number of carbonyl (C=O) groups is 3. The number of hydrogen-bond acceptors (Lipinski definition) is 4. The van der Waals surface area contributed by atoms with Crippen LogP contribution in [-0.2, 0) is 19.1 Å². The third-order valence-electron chi connectivity index (χ3n) is 4.05. The highest BCUT2D eigenvalue weighted by Gasteiger charge is 2.71. The lowest BCUT2D eigenvalue weighted by molar-refractivity contribution is -0.196. The molecule has 1 aliphatic rings. The van der Waals surface area contributed by atoms with Gasteiger partial charge in [-0.3, -0.25) is 9.59 Å². The summed E-state index contributed by atoms with van der Waals surface area (Å²) in [5, 5.41) is 1.78. The van der Waals surface area contributed by atoms with Crippen LogP contribution in [0, 0.1) is 0 Å². The maximum atomic E-state index is 14.0. The molecule has 25 heavy (non-hydrogen) atoms. The summed E-state index contributed by atoms with van der Waals surface area (Å²) in [6.45, 7) is 6.04. The van der Waals surface area contributed by atoms with E-state index in [-0.39, 0.29) is 12.1 Å². The van der Waals surface area contributed by atoms with Crippen LogP contribution >= 0.6 is 0 Å². The molecule has 0 aromatic heterocycles. The quantitative estimate of drug-likeness (QED) is 0.734. The molecule has 1 unspecified atom stereocenters. The van der Waals surface area contributed by atoms with E-state index in [9.17, 15) is 27.6 Å². The van der Waals surface area contributed by atoms with Crippen LogP contribution in [0.2, 0.25) is 0 Å². The van der Waals surface area contributed by atoms with Crippen LogP contribution in [0.1, 0.15) is 47.0 Å². The summed E-state index contributed by atoms with van der Waals surface area (Å²) >= 11 is 0. The van der Waals surface area contributed by atoms with Crippen LogP contribution in [0.25, 0.3) is 0 Å². The summed E-state index contributed by atoms with van der Waals surface area (Å²) in [5.41, 5.74) is -4.51. The van der Waals surface area contributed by atoms with Gasteiger partial charge in [-0.15, -0.1) is 0 Å². The van der Waals surface area contributed by atoms with E-state index in [2.05, 4.69) is 4.74 Å². The highest BCUT2D eigenvalue weighted by Crippen LogP contribution is 2.45. The van der Waals surface area contributed by atoms with E-state index in [1.165, 1.54) is 20.8 Å². The second kappa shape index (κ2) is 7.45. The van der Waals surface area contributed by atoms with Gasteiger partial charge in [0.1, 0.15) is 5.57 Å². The lowest BCUT2D eigenvalue weighted by Gasteiger charge is -2.33. The molecule has 9 heteroatoms. The molecule has 0 aliphatic carbocycles. The zero-order valence-electron chi connectivity index (χ0n) is 14.9. The molecule has 0 fully saturated rings. The van der Waals surface area contributed by atoms with E-state index in [1.54, 1.807) is 12.2 Å². The SMILES string of the molecule is CCCCC(=O)NC1(C(F)(F)F)C(=O)N(C(C)C)C(C)=C1C(=O)OC. The maximum absolute atomic E-state index is 14.0. The first kappa shape index (κ1) is 21.0. The molecular formula is C16H23F3N2O4. The highest BCUT2D eigenvalue weighted by molar-refractivity contribution is 6.10. The van der Waals surface area contributed by atoms with Crippen molar-refractivity contribution in [2.24, 2.45) is 0 Å². The third-order valence-corrected chi connectivity index (χ3v) is 4.05. The Morgan fingerprint density at radius 1 is 1.32 bits per heavy atom. The summed E-state index contributed by atoms with van der Waals surface area (Å²) in [6, 6.07) is -0.635. The lowest BCUT2D eigenvalue weighted by atomic mass is 9.89. The summed E-state index contributed by atoms with van der Waals surface area (Å²) in [5.74, 6) is -3.66. The maximum Gasteiger partial charge on any atom is 0.425 e. The predicted molar refractivity (Wildman–Crippen MR) is 83.2 cm³/mol. The number of methoxy groups -OCH3 is 1. The van der Waals surface area contributed by atoms with Crippen molar-refractivity contribution in [3.8, 4) is 0 Å². The molecule has 0 spiro atoms. The van der Waals surface area contributed by atoms with E-state index < -0.39 is 41.1 Å². The molecule has 0 saturated carbocycles. The molecule has 0 radical (unpaired) electrons. The Morgan fingerprint density at radius 2 is 1.88 bits per heavy atom. The first-order valence-corrected chi connectivity index (χ1v) is 7.96. The fourth-order valence-corrected chi connectivity index (χ4v) is 2.92. The number of halogens is 3. The molecule has 0 bridgehead atoms. The van der Waals surface area contributed by atoms with E-state index in [1.807, 2.05) is 0 Å². The van der Waals surface area contributed by atoms with E-state index in [4.69, 9.17) is 0 Å². The van der Waals surface area contributed by atoms with Crippen LogP contribution < -0.4 is 5.32 Å². The number of rotatable bonds is 6. The van der Waals surface area contributed by atoms with Gasteiger partial charge in [-0.25, -0.2) is 4.79 Å². The zero-order chi connectivity index (χ0) is 19.6. The molecule has 2 amide bonds. The Kier molecular flexibility index (Phi) is 6.25. The molecule has 1 heterocycles. The Morgan fingerprint density at radius 3 is 2.28 bits per heavy atom. The van der Waals surface area contributed by atoms with Gasteiger partial charge in [0.2, 0.25) is 11.4 Å². The van der Waals surface area contributed by atoms with Gasteiger partial charge in [0.15, 0.2) is 0 Å². The van der Waals surface area contributed by atoms with Crippen LogP contribution in [0.5, 0.6) is 0 Å². The fourth-order valence-electron chi connectivity index (χ4n) is 2.92. The second-order valence-electron chi connectivity index (χ2n) is 6.12. The monoisotopic (exact) mass is 364 g/mol. The Balaban J connectivity index is 3.58. The summed E-state index contributed by atoms with van der Waals surface area (Å²) in [7, 11) is 0.922. The van der Waals surface area contributed by atoms with Crippen molar-refractivity contribution in [2.75, 3.05) is 7.11 Å². The number of amides is 2. The van der Waals surface area contributed by atoms with Gasteiger partial charge in [-0.2, -0.15) is 13.2 Å². The number of alkyl halides is 3. The van der Waals surface area contributed by atoms with Gasteiger partial charge in [-0.05, 0) is 27.2 Å². The van der Waals surface area contributed by atoms with Gasteiger partial charge in [0.05, 0.1) is 7.11 Å². The first-order valence-electron chi connectivity index (χ1n) is 7.96. The van der Waals surface area contributed by atoms with Crippen molar-refractivity contribution in [3.63, 3.8) is 0 Å². The number of carbonyl (C=O) groups excluding carboxylic acids is 3. The Bertz CT molecular complexity index is 599. The van der Waals surface area contributed by atoms with Crippen molar-refractivity contribution in [1.82, 2.24) is 10.2 Å².